The number of aryl methyl sites for hydroxylation is 1. The van der Waals surface area contributed by atoms with Crippen LogP contribution in [0.1, 0.15) is 5.56 Å². The summed E-state index contributed by atoms with van der Waals surface area (Å²) in [6, 6.07) is 4.61. The molecule has 0 radical (unpaired) electrons. The summed E-state index contributed by atoms with van der Waals surface area (Å²) in [6.45, 7) is 1.74. The van der Waals surface area contributed by atoms with Crippen LogP contribution in [0.4, 0.5) is 4.39 Å². The van der Waals surface area contributed by atoms with Gasteiger partial charge in [0.2, 0.25) is 5.82 Å². The Morgan fingerprint density at radius 1 is 1.37 bits per heavy atom. The van der Waals surface area contributed by atoms with Gasteiger partial charge in [-0.15, -0.1) is 0 Å². The molecule has 2 aromatic rings. The van der Waals surface area contributed by atoms with Crippen molar-refractivity contribution in [2.24, 2.45) is 0 Å². The summed E-state index contributed by atoms with van der Waals surface area (Å²) in [5, 5.41) is -0.600. The van der Waals surface area contributed by atoms with Crippen LogP contribution in [-0.2, 0) is 0 Å². The van der Waals surface area contributed by atoms with E-state index in [2.05, 4.69) is 4.98 Å². The van der Waals surface area contributed by atoms with Crippen LogP contribution in [0.3, 0.4) is 0 Å². The van der Waals surface area contributed by atoms with Gasteiger partial charge in [0.05, 0.1) is 12.8 Å². The Labute approximate surface area is 112 Å². The number of benzene rings is 1. The largest absolute Gasteiger partial charge is 0.496 e. The number of rotatable bonds is 2. The highest BCUT2D eigenvalue weighted by Gasteiger charge is 2.14. The molecular weight excluding hydrogens is 275 g/mol. The number of nitrogens with one attached hydrogen (secondary N) is 1. The van der Waals surface area contributed by atoms with E-state index in [1.807, 2.05) is 0 Å². The van der Waals surface area contributed by atoms with Crippen molar-refractivity contribution in [1.82, 2.24) is 9.55 Å². The van der Waals surface area contributed by atoms with Crippen LogP contribution in [0.25, 0.3) is 5.69 Å². The molecule has 0 aliphatic carbocycles. The third-order valence-electron chi connectivity index (χ3n) is 2.64. The molecule has 100 valence electrons. The predicted octanol–water partition coefficient (Wildman–Crippen LogP) is 1.64. The van der Waals surface area contributed by atoms with Crippen LogP contribution < -0.4 is 16.0 Å². The second kappa shape index (κ2) is 4.89. The lowest BCUT2D eigenvalue weighted by atomic mass is 10.2. The number of methoxy groups -OCH3 is 1. The summed E-state index contributed by atoms with van der Waals surface area (Å²) >= 11 is 5.39. The van der Waals surface area contributed by atoms with Gasteiger partial charge in [0.1, 0.15) is 5.75 Å². The van der Waals surface area contributed by atoms with Crippen LogP contribution in [0.15, 0.2) is 27.8 Å². The molecule has 0 aliphatic rings. The van der Waals surface area contributed by atoms with E-state index < -0.39 is 22.2 Å². The summed E-state index contributed by atoms with van der Waals surface area (Å²) in [4.78, 5) is 25.5. The third kappa shape index (κ3) is 2.26. The van der Waals surface area contributed by atoms with E-state index >= 15 is 0 Å². The van der Waals surface area contributed by atoms with Crippen molar-refractivity contribution in [2.75, 3.05) is 7.11 Å². The van der Waals surface area contributed by atoms with Crippen LogP contribution in [0.5, 0.6) is 5.75 Å². The van der Waals surface area contributed by atoms with Crippen LogP contribution in [0.2, 0.25) is 5.15 Å². The molecule has 0 saturated heterocycles. The Morgan fingerprint density at radius 2 is 2.05 bits per heavy atom. The number of halogens is 2. The number of aromatic amines is 1. The molecule has 0 unspecified atom stereocenters. The highest BCUT2D eigenvalue weighted by molar-refractivity contribution is 6.29. The summed E-state index contributed by atoms with van der Waals surface area (Å²) in [7, 11) is 1.50. The number of hydrogen-bond acceptors (Lipinski definition) is 3. The van der Waals surface area contributed by atoms with Crippen molar-refractivity contribution in [2.45, 2.75) is 6.92 Å². The Bertz CT molecular complexity index is 752. The van der Waals surface area contributed by atoms with Gasteiger partial charge < -0.3 is 4.74 Å². The van der Waals surface area contributed by atoms with Gasteiger partial charge >= 0.3 is 5.69 Å². The predicted molar refractivity (Wildman–Crippen MR) is 68.9 cm³/mol. The van der Waals surface area contributed by atoms with Crippen LogP contribution in [-0.4, -0.2) is 16.7 Å². The van der Waals surface area contributed by atoms with Crippen molar-refractivity contribution in [3.05, 3.63) is 55.6 Å². The summed E-state index contributed by atoms with van der Waals surface area (Å²) < 4.78 is 19.2. The molecule has 1 aromatic heterocycles. The molecule has 2 rings (SSSR count). The number of ether oxygens (including phenoxy) is 1. The molecule has 0 atom stereocenters. The fourth-order valence-corrected chi connectivity index (χ4v) is 1.89. The van der Waals surface area contributed by atoms with Crippen molar-refractivity contribution >= 4 is 11.6 Å². The molecule has 0 amide bonds. The normalized spacial score (nSPS) is 10.5. The minimum absolute atomic E-state index is 0.236. The molecule has 1 heterocycles. The van der Waals surface area contributed by atoms with E-state index in [1.165, 1.54) is 13.2 Å². The zero-order valence-electron chi connectivity index (χ0n) is 10.2. The average molecular weight is 285 g/mol. The second-order valence-corrected chi connectivity index (χ2v) is 4.23. The Morgan fingerprint density at radius 3 is 2.63 bits per heavy atom. The Hall–Kier alpha value is -2.08. The summed E-state index contributed by atoms with van der Waals surface area (Å²) in [5.74, 6) is -0.600. The topological polar surface area (TPSA) is 64.1 Å². The first-order chi connectivity index (χ1) is 8.95. The molecule has 1 aromatic carbocycles. The maximum absolute atomic E-state index is 13.4. The number of aromatic nitrogens is 2. The van der Waals surface area contributed by atoms with Crippen molar-refractivity contribution in [1.29, 1.82) is 0 Å². The summed E-state index contributed by atoms with van der Waals surface area (Å²) in [5.41, 5.74) is -0.957. The molecular formula is C12H10ClFN2O3. The minimum Gasteiger partial charge on any atom is -0.496 e. The zero-order valence-corrected chi connectivity index (χ0v) is 10.9. The van der Waals surface area contributed by atoms with Gasteiger partial charge in [0, 0.05) is 0 Å². The van der Waals surface area contributed by atoms with E-state index in [9.17, 15) is 14.0 Å². The highest BCUT2D eigenvalue weighted by Crippen LogP contribution is 2.19. The van der Waals surface area contributed by atoms with Crippen LogP contribution in [0, 0.1) is 12.7 Å². The standard InChI is InChI=1S/C12H10ClFN2O3/c1-6-5-7(3-4-8(6)19-2)16-11(17)9(14)10(13)15-12(16)18/h3-5H,1-2H3,(H,15,18). The SMILES string of the molecule is COc1ccc(-n2c(=O)[nH]c(Cl)c(F)c2=O)cc1C. The number of H-pyrrole nitrogens is 1. The maximum atomic E-state index is 13.4. The van der Waals surface area contributed by atoms with Crippen molar-refractivity contribution in [3.8, 4) is 11.4 Å². The first-order valence-corrected chi connectivity index (χ1v) is 5.69. The summed E-state index contributed by atoms with van der Waals surface area (Å²) in [6.07, 6.45) is 0. The first kappa shape index (κ1) is 13.4. The van der Waals surface area contributed by atoms with Crippen molar-refractivity contribution < 1.29 is 9.13 Å². The van der Waals surface area contributed by atoms with E-state index in [4.69, 9.17) is 16.3 Å². The maximum Gasteiger partial charge on any atom is 0.334 e. The smallest absolute Gasteiger partial charge is 0.334 e. The lowest BCUT2D eigenvalue weighted by Crippen LogP contribution is -2.35. The fourth-order valence-electron chi connectivity index (χ4n) is 1.73. The zero-order chi connectivity index (χ0) is 14.2. The van der Waals surface area contributed by atoms with E-state index in [0.717, 1.165) is 0 Å². The number of nitrogens with zero attached hydrogens (tertiary/aromatic N) is 1. The van der Waals surface area contributed by atoms with Crippen LogP contribution >= 0.6 is 11.6 Å². The van der Waals surface area contributed by atoms with E-state index in [0.29, 0.717) is 15.9 Å². The highest BCUT2D eigenvalue weighted by atomic mass is 35.5. The Balaban J connectivity index is 2.73. The molecule has 7 heteroatoms. The van der Waals surface area contributed by atoms with E-state index in [-0.39, 0.29) is 5.69 Å². The van der Waals surface area contributed by atoms with Gasteiger partial charge in [0.15, 0.2) is 5.15 Å². The minimum atomic E-state index is -1.20. The molecule has 0 fully saturated rings. The molecule has 0 aliphatic heterocycles. The van der Waals surface area contributed by atoms with Crippen molar-refractivity contribution in [3.63, 3.8) is 0 Å². The lowest BCUT2D eigenvalue weighted by Gasteiger charge is -2.09. The van der Waals surface area contributed by atoms with Gasteiger partial charge in [-0.3, -0.25) is 9.78 Å². The molecule has 0 saturated carbocycles. The van der Waals surface area contributed by atoms with Gasteiger partial charge in [-0.1, -0.05) is 11.6 Å². The molecule has 5 nitrogen and oxygen atoms in total. The third-order valence-corrected chi connectivity index (χ3v) is 2.90. The second-order valence-electron chi connectivity index (χ2n) is 3.85. The average Bonchev–Trinajstić information content (AvgIpc) is 2.36. The fraction of sp³-hybridized carbons (Fsp3) is 0.167. The molecule has 19 heavy (non-hydrogen) atoms. The van der Waals surface area contributed by atoms with Gasteiger partial charge in [-0.25, -0.2) is 9.36 Å². The molecule has 0 spiro atoms. The molecule has 0 bridgehead atoms. The lowest BCUT2D eigenvalue weighted by molar-refractivity contribution is 0.411. The van der Waals surface area contributed by atoms with E-state index in [1.54, 1.807) is 19.1 Å². The first-order valence-electron chi connectivity index (χ1n) is 5.31. The quantitative estimate of drug-likeness (QED) is 0.853. The Kier molecular flexibility index (Phi) is 3.44. The number of hydrogen-bond donors (Lipinski definition) is 1. The van der Waals surface area contributed by atoms with Gasteiger partial charge in [0.25, 0.3) is 5.56 Å². The van der Waals surface area contributed by atoms with Gasteiger partial charge in [-0.2, -0.15) is 4.39 Å². The molecule has 1 N–H and O–H groups in total. The van der Waals surface area contributed by atoms with Gasteiger partial charge in [-0.05, 0) is 30.7 Å². The monoisotopic (exact) mass is 284 g/mol.